The fourth-order valence-electron chi connectivity index (χ4n) is 1.57. The van der Waals surface area contributed by atoms with Crippen molar-refractivity contribution < 1.29 is 19.8 Å². The molecule has 0 aliphatic carbocycles. The molecular formula is C7H9NO4S. The molecule has 6 heteroatoms. The summed E-state index contributed by atoms with van der Waals surface area (Å²) in [6, 6.07) is 0. The quantitative estimate of drug-likeness (QED) is 0.569. The fourth-order valence-corrected chi connectivity index (χ4v) is 3.02. The molecule has 5 nitrogen and oxygen atoms in total. The number of carboxylic acids is 1. The van der Waals surface area contributed by atoms with Gasteiger partial charge in [-0.3, -0.25) is 9.59 Å². The van der Waals surface area contributed by atoms with Crippen molar-refractivity contribution in [1.29, 1.82) is 0 Å². The second-order valence-electron chi connectivity index (χ2n) is 3.26. The first kappa shape index (κ1) is 8.83. The summed E-state index contributed by atoms with van der Waals surface area (Å²) in [4.78, 5) is 23.3. The summed E-state index contributed by atoms with van der Waals surface area (Å²) in [6.45, 7) is -0.291. The summed E-state index contributed by atoms with van der Waals surface area (Å²) >= 11 is 1.18. The topological polar surface area (TPSA) is 77.8 Å². The summed E-state index contributed by atoms with van der Waals surface area (Å²) in [7, 11) is 0. The molecule has 72 valence electrons. The van der Waals surface area contributed by atoms with Crippen molar-refractivity contribution in [2.45, 2.75) is 16.5 Å². The standard InChI is InChI=1S/C7H9NO4S/c9-3-7(6(11)12)2-8-4(10)1-5(8)13-7/h5,9H,1-3H2,(H,11,12)/t5-,7?/m1/s1. The van der Waals surface area contributed by atoms with Gasteiger partial charge >= 0.3 is 5.97 Å². The van der Waals surface area contributed by atoms with Crippen molar-refractivity contribution in [2.75, 3.05) is 13.2 Å². The van der Waals surface area contributed by atoms with Gasteiger partial charge in [0.1, 0.15) is 0 Å². The first-order chi connectivity index (χ1) is 6.09. The number of aliphatic carboxylic acids is 1. The third-order valence-corrected chi connectivity index (χ3v) is 4.03. The Bertz CT molecular complexity index is 282. The molecule has 1 amide bonds. The van der Waals surface area contributed by atoms with Crippen LogP contribution in [0.5, 0.6) is 0 Å². The molecule has 0 saturated carbocycles. The predicted octanol–water partition coefficient (Wildman–Crippen LogP) is -0.893. The number of rotatable bonds is 2. The molecular weight excluding hydrogens is 194 g/mol. The third kappa shape index (κ3) is 1.05. The highest BCUT2D eigenvalue weighted by Gasteiger charge is 2.56. The van der Waals surface area contributed by atoms with Crippen molar-refractivity contribution >= 4 is 23.6 Å². The Labute approximate surface area is 78.7 Å². The van der Waals surface area contributed by atoms with Gasteiger partial charge in [-0.05, 0) is 0 Å². The normalized spacial score (nSPS) is 37.2. The molecule has 2 atom stereocenters. The van der Waals surface area contributed by atoms with Crippen LogP contribution in [-0.2, 0) is 9.59 Å². The zero-order chi connectivity index (χ0) is 9.64. The molecule has 1 unspecified atom stereocenters. The number of carbonyl (C=O) groups is 2. The maximum Gasteiger partial charge on any atom is 0.324 e. The van der Waals surface area contributed by atoms with E-state index in [2.05, 4.69) is 0 Å². The largest absolute Gasteiger partial charge is 0.480 e. The number of nitrogens with zero attached hydrogens (tertiary/aromatic N) is 1. The Kier molecular flexibility index (Phi) is 1.78. The molecule has 0 spiro atoms. The fraction of sp³-hybridized carbons (Fsp3) is 0.714. The van der Waals surface area contributed by atoms with E-state index in [1.807, 2.05) is 0 Å². The summed E-state index contributed by atoms with van der Waals surface area (Å²) < 4.78 is -1.18. The Morgan fingerprint density at radius 1 is 1.77 bits per heavy atom. The van der Waals surface area contributed by atoms with Crippen LogP contribution in [0.2, 0.25) is 0 Å². The molecule has 2 rings (SSSR count). The van der Waals surface area contributed by atoms with Crippen LogP contribution in [0.1, 0.15) is 6.42 Å². The first-order valence-corrected chi connectivity index (χ1v) is 4.78. The number of hydrogen-bond donors (Lipinski definition) is 2. The Morgan fingerprint density at radius 2 is 2.46 bits per heavy atom. The van der Waals surface area contributed by atoms with Gasteiger partial charge in [-0.1, -0.05) is 0 Å². The van der Waals surface area contributed by atoms with Crippen LogP contribution in [0.4, 0.5) is 0 Å². The lowest BCUT2D eigenvalue weighted by molar-refractivity contribution is -0.144. The maximum atomic E-state index is 11.0. The smallest absolute Gasteiger partial charge is 0.324 e. The Hall–Kier alpha value is -0.750. The molecule has 0 aromatic rings. The number of aliphatic hydroxyl groups is 1. The monoisotopic (exact) mass is 203 g/mol. The molecule has 2 aliphatic rings. The van der Waals surface area contributed by atoms with Crippen molar-refractivity contribution in [2.24, 2.45) is 0 Å². The lowest BCUT2D eigenvalue weighted by Gasteiger charge is -2.32. The van der Waals surface area contributed by atoms with E-state index in [0.717, 1.165) is 0 Å². The van der Waals surface area contributed by atoms with Crippen LogP contribution < -0.4 is 0 Å². The molecule has 13 heavy (non-hydrogen) atoms. The zero-order valence-electron chi connectivity index (χ0n) is 6.77. The molecule has 2 fully saturated rings. The highest BCUT2D eigenvalue weighted by molar-refractivity contribution is 8.02. The number of carboxylic acid groups (broad SMARTS) is 1. The van der Waals surface area contributed by atoms with E-state index in [9.17, 15) is 9.59 Å². The number of aliphatic hydroxyl groups excluding tert-OH is 1. The first-order valence-electron chi connectivity index (χ1n) is 3.90. The van der Waals surface area contributed by atoms with Crippen LogP contribution in [0, 0.1) is 0 Å². The van der Waals surface area contributed by atoms with Gasteiger partial charge in [0.25, 0.3) is 0 Å². The molecule has 0 bridgehead atoms. The van der Waals surface area contributed by atoms with Gasteiger partial charge in [0.2, 0.25) is 5.91 Å². The number of β-lactam (4-membered cyclic amide) rings is 1. The minimum Gasteiger partial charge on any atom is -0.480 e. The minimum atomic E-state index is -1.18. The van der Waals surface area contributed by atoms with Crippen LogP contribution >= 0.6 is 11.8 Å². The van der Waals surface area contributed by atoms with E-state index in [0.29, 0.717) is 6.42 Å². The third-order valence-electron chi connectivity index (χ3n) is 2.45. The van der Waals surface area contributed by atoms with Gasteiger partial charge in [0, 0.05) is 6.54 Å². The van der Waals surface area contributed by atoms with Crippen LogP contribution in [0.15, 0.2) is 0 Å². The van der Waals surface area contributed by atoms with E-state index in [1.54, 1.807) is 0 Å². The molecule has 0 aromatic carbocycles. The lowest BCUT2D eigenvalue weighted by Crippen LogP contribution is -2.49. The average Bonchev–Trinajstić information content (AvgIpc) is 2.39. The summed E-state index contributed by atoms with van der Waals surface area (Å²) in [5.74, 6) is -1.06. The van der Waals surface area contributed by atoms with Crippen LogP contribution in [-0.4, -0.2) is 50.3 Å². The summed E-state index contributed by atoms with van der Waals surface area (Å²) in [5.41, 5.74) is 0. The SMILES string of the molecule is O=C1C[C@H]2SC(CO)(C(=O)O)CN12. The van der Waals surface area contributed by atoms with Gasteiger partial charge in [0.05, 0.1) is 18.4 Å². The van der Waals surface area contributed by atoms with Crippen molar-refractivity contribution in [3.05, 3.63) is 0 Å². The predicted molar refractivity (Wildman–Crippen MR) is 45.2 cm³/mol. The van der Waals surface area contributed by atoms with Gasteiger partial charge in [-0.2, -0.15) is 0 Å². The maximum absolute atomic E-state index is 11.0. The highest BCUT2D eigenvalue weighted by Crippen LogP contribution is 2.46. The second-order valence-corrected chi connectivity index (χ2v) is 4.82. The number of amides is 1. The number of fused-ring (bicyclic) bond motifs is 1. The van der Waals surface area contributed by atoms with E-state index >= 15 is 0 Å². The number of carbonyl (C=O) groups excluding carboxylic acids is 1. The summed E-state index contributed by atoms with van der Waals surface area (Å²) in [6.07, 6.45) is 0.402. The van der Waals surface area contributed by atoms with Gasteiger partial charge < -0.3 is 15.1 Å². The van der Waals surface area contributed by atoms with Gasteiger partial charge in [0.15, 0.2) is 4.75 Å². The van der Waals surface area contributed by atoms with Gasteiger partial charge in [-0.25, -0.2) is 0 Å². The second kappa shape index (κ2) is 2.62. The Morgan fingerprint density at radius 3 is 2.85 bits per heavy atom. The Balaban J connectivity index is 2.18. The van der Waals surface area contributed by atoms with Crippen molar-refractivity contribution in [1.82, 2.24) is 4.90 Å². The van der Waals surface area contributed by atoms with E-state index < -0.39 is 17.3 Å². The molecule has 2 N–H and O–H groups in total. The van der Waals surface area contributed by atoms with Crippen molar-refractivity contribution in [3.63, 3.8) is 0 Å². The number of thioether (sulfide) groups is 1. The zero-order valence-corrected chi connectivity index (χ0v) is 7.58. The van der Waals surface area contributed by atoms with Crippen molar-refractivity contribution in [3.8, 4) is 0 Å². The lowest BCUT2D eigenvalue weighted by atomic mass is 10.1. The molecule has 2 heterocycles. The summed E-state index contributed by atoms with van der Waals surface area (Å²) in [5, 5.41) is 17.9. The van der Waals surface area contributed by atoms with Crippen LogP contribution in [0.25, 0.3) is 0 Å². The van der Waals surface area contributed by atoms with E-state index in [4.69, 9.17) is 10.2 Å². The van der Waals surface area contributed by atoms with Gasteiger partial charge in [-0.15, -0.1) is 11.8 Å². The highest BCUT2D eigenvalue weighted by atomic mass is 32.2. The van der Waals surface area contributed by atoms with Crippen LogP contribution in [0.3, 0.4) is 0 Å². The molecule has 2 aliphatic heterocycles. The van der Waals surface area contributed by atoms with E-state index in [1.165, 1.54) is 16.7 Å². The molecule has 0 radical (unpaired) electrons. The minimum absolute atomic E-state index is 0.0194. The molecule has 0 aromatic heterocycles. The average molecular weight is 203 g/mol. The molecule has 2 saturated heterocycles. The van der Waals surface area contributed by atoms with E-state index in [-0.39, 0.29) is 17.8 Å². The number of hydrogen-bond acceptors (Lipinski definition) is 4.